The molecule has 0 bridgehead atoms. The Kier molecular flexibility index (Phi) is 4.84. The van der Waals surface area contributed by atoms with Gasteiger partial charge in [0.15, 0.2) is 0 Å². The van der Waals surface area contributed by atoms with E-state index < -0.39 is 0 Å². The predicted octanol–water partition coefficient (Wildman–Crippen LogP) is 2.42. The molecule has 1 aromatic carbocycles. The zero-order chi connectivity index (χ0) is 18.6. The lowest BCUT2D eigenvalue weighted by atomic mass is 9.88. The molecular weight excluding hydrogens is 342 g/mol. The molecule has 1 fully saturated rings. The van der Waals surface area contributed by atoms with Crippen LogP contribution >= 0.6 is 0 Å². The van der Waals surface area contributed by atoms with Gasteiger partial charge in [0, 0.05) is 36.8 Å². The molecule has 0 spiro atoms. The average Bonchev–Trinajstić information content (AvgIpc) is 3.40. The van der Waals surface area contributed by atoms with Gasteiger partial charge in [0.1, 0.15) is 11.4 Å². The first-order valence-electron chi connectivity index (χ1n) is 8.86. The first kappa shape index (κ1) is 17.2. The second-order valence-electron chi connectivity index (χ2n) is 6.53. The van der Waals surface area contributed by atoms with E-state index in [9.17, 15) is 4.79 Å². The molecule has 0 unspecified atom stereocenters. The van der Waals surface area contributed by atoms with Crippen molar-refractivity contribution in [3.8, 4) is 17.0 Å². The summed E-state index contributed by atoms with van der Waals surface area (Å²) in [5.74, 6) is 0.588. The Bertz CT molecular complexity index is 911. The van der Waals surface area contributed by atoms with Crippen LogP contribution in [0.15, 0.2) is 55.0 Å². The number of carbonyl (C=O) groups excluding carboxylic acids is 1. The van der Waals surface area contributed by atoms with Crippen LogP contribution in [0.25, 0.3) is 11.3 Å². The van der Waals surface area contributed by atoms with E-state index in [4.69, 9.17) is 4.74 Å². The van der Waals surface area contributed by atoms with Crippen LogP contribution in [0.5, 0.6) is 5.75 Å². The first-order valence-corrected chi connectivity index (χ1v) is 8.86. The van der Waals surface area contributed by atoms with E-state index in [0.717, 1.165) is 12.1 Å². The van der Waals surface area contributed by atoms with Crippen LogP contribution in [-0.4, -0.2) is 41.3 Å². The van der Waals surface area contributed by atoms with Gasteiger partial charge in [-0.1, -0.05) is 30.3 Å². The number of hydrogen-bond acceptors (Lipinski definition) is 5. The zero-order valence-corrected chi connectivity index (χ0v) is 15.0. The summed E-state index contributed by atoms with van der Waals surface area (Å²) in [6.07, 6.45) is 5.07. The smallest absolute Gasteiger partial charge is 0.229 e. The molecule has 1 amide bonds. The molecule has 7 heteroatoms. The highest BCUT2D eigenvalue weighted by Crippen LogP contribution is 2.31. The Morgan fingerprint density at radius 3 is 2.81 bits per heavy atom. The van der Waals surface area contributed by atoms with Crippen molar-refractivity contribution in [3.05, 3.63) is 60.6 Å². The van der Waals surface area contributed by atoms with Gasteiger partial charge in [-0.25, -0.2) is 0 Å². The number of nitrogens with zero attached hydrogens (tertiary/aromatic N) is 2. The lowest BCUT2D eigenvalue weighted by Crippen LogP contribution is -2.28. The summed E-state index contributed by atoms with van der Waals surface area (Å²) >= 11 is 0. The lowest BCUT2D eigenvalue weighted by molar-refractivity contribution is -0.119. The maximum absolute atomic E-state index is 12.9. The normalized spacial score (nSPS) is 19.0. The summed E-state index contributed by atoms with van der Waals surface area (Å²) in [5, 5.41) is 13.0. The predicted molar refractivity (Wildman–Crippen MR) is 103 cm³/mol. The number of ether oxygens (including phenoxy) is 1. The Hall–Kier alpha value is -3.19. The molecule has 2 aromatic heterocycles. The molecule has 3 N–H and O–H groups in total. The second kappa shape index (κ2) is 7.59. The molecule has 0 aliphatic carbocycles. The third-order valence-corrected chi connectivity index (χ3v) is 4.89. The van der Waals surface area contributed by atoms with Crippen molar-refractivity contribution in [1.29, 1.82) is 0 Å². The first-order chi connectivity index (χ1) is 13.3. The molecule has 3 heterocycles. The number of anilines is 1. The highest BCUT2D eigenvalue weighted by Gasteiger charge is 2.34. The van der Waals surface area contributed by atoms with Crippen molar-refractivity contribution < 1.29 is 9.53 Å². The van der Waals surface area contributed by atoms with E-state index >= 15 is 0 Å². The molecule has 1 saturated heterocycles. The highest BCUT2D eigenvalue weighted by molar-refractivity contribution is 5.94. The van der Waals surface area contributed by atoms with Crippen LogP contribution in [0.1, 0.15) is 11.5 Å². The van der Waals surface area contributed by atoms with Gasteiger partial charge in [-0.05, 0) is 5.56 Å². The van der Waals surface area contributed by atoms with Gasteiger partial charge < -0.3 is 15.4 Å². The van der Waals surface area contributed by atoms with Crippen LogP contribution in [-0.2, 0) is 4.79 Å². The van der Waals surface area contributed by atoms with Gasteiger partial charge in [-0.3, -0.25) is 14.9 Å². The molecule has 27 heavy (non-hydrogen) atoms. The molecule has 4 rings (SSSR count). The second-order valence-corrected chi connectivity index (χ2v) is 6.53. The van der Waals surface area contributed by atoms with Gasteiger partial charge in [0.25, 0.3) is 0 Å². The van der Waals surface area contributed by atoms with E-state index in [1.54, 1.807) is 31.8 Å². The molecule has 0 radical (unpaired) electrons. The standard InChI is InChI=1S/C20H21N5O2/c1-27-18-7-15(10-22-19(18)14-8-23-24-9-14)25-20(26)17-12-21-11-16(17)13-5-3-2-4-6-13/h2-10,16-17,21H,11-12H2,1H3,(H,23,24)(H,25,26)/t16-,17+/m1/s1. The number of nitrogens with one attached hydrogen (secondary N) is 3. The molecule has 2 atom stereocenters. The third kappa shape index (κ3) is 3.54. The minimum Gasteiger partial charge on any atom is -0.494 e. The fourth-order valence-corrected chi connectivity index (χ4v) is 3.51. The Morgan fingerprint density at radius 2 is 2.07 bits per heavy atom. The highest BCUT2D eigenvalue weighted by atomic mass is 16.5. The SMILES string of the molecule is COc1cc(NC(=O)[C@H]2CNC[C@@H]2c2ccccc2)cnc1-c1cn[nH]c1. The molecule has 1 aliphatic heterocycles. The number of aromatic amines is 1. The fourth-order valence-electron chi connectivity index (χ4n) is 3.51. The summed E-state index contributed by atoms with van der Waals surface area (Å²) in [5.41, 5.74) is 3.29. The van der Waals surface area contributed by atoms with Crippen molar-refractivity contribution in [2.24, 2.45) is 5.92 Å². The topological polar surface area (TPSA) is 91.9 Å². The van der Waals surface area contributed by atoms with Crippen molar-refractivity contribution in [2.75, 3.05) is 25.5 Å². The summed E-state index contributed by atoms with van der Waals surface area (Å²) < 4.78 is 5.44. The zero-order valence-electron chi connectivity index (χ0n) is 15.0. The number of rotatable bonds is 5. The number of benzene rings is 1. The number of methoxy groups -OCH3 is 1. The minimum atomic E-state index is -0.132. The van der Waals surface area contributed by atoms with Crippen LogP contribution in [0.2, 0.25) is 0 Å². The average molecular weight is 363 g/mol. The van der Waals surface area contributed by atoms with Crippen LogP contribution < -0.4 is 15.4 Å². The Morgan fingerprint density at radius 1 is 1.22 bits per heavy atom. The summed E-state index contributed by atoms with van der Waals surface area (Å²) in [6, 6.07) is 11.9. The van der Waals surface area contributed by atoms with Crippen LogP contribution in [0.4, 0.5) is 5.69 Å². The summed E-state index contributed by atoms with van der Waals surface area (Å²) in [7, 11) is 1.58. The van der Waals surface area contributed by atoms with E-state index in [-0.39, 0.29) is 17.7 Å². The van der Waals surface area contributed by atoms with E-state index in [0.29, 0.717) is 23.7 Å². The van der Waals surface area contributed by atoms with Crippen molar-refractivity contribution in [1.82, 2.24) is 20.5 Å². The van der Waals surface area contributed by atoms with E-state index in [2.05, 4.69) is 37.9 Å². The molecule has 3 aromatic rings. The number of aromatic nitrogens is 3. The third-order valence-electron chi connectivity index (χ3n) is 4.89. The van der Waals surface area contributed by atoms with Crippen molar-refractivity contribution in [2.45, 2.75) is 5.92 Å². The number of hydrogen-bond donors (Lipinski definition) is 3. The quantitative estimate of drug-likeness (QED) is 0.647. The summed E-state index contributed by atoms with van der Waals surface area (Å²) in [6.45, 7) is 1.45. The fraction of sp³-hybridized carbons (Fsp3) is 0.250. The Labute approximate surface area is 157 Å². The van der Waals surface area contributed by atoms with Crippen LogP contribution in [0, 0.1) is 5.92 Å². The van der Waals surface area contributed by atoms with Gasteiger partial charge in [0.05, 0.1) is 31.1 Å². The summed E-state index contributed by atoms with van der Waals surface area (Å²) in [4.78, 5) is 17.3. The maximum atomic E-state index is 12.9. The molecule has 0 saturated carbocycles. The number of carbonyl (C=O) groups is 1. The van der Waals surface area contributed by atoms with Gasteiger partial charge in [0.2, 0.25) is 5.91 Å². The van der Waals surface area contributed by atoms with Gasteiger partial charge in [-0.15, -0.1) is 0 Å². The number of pyridine rings is 1. The van der Waals surface area contributed by atoms with Crippen molar-refractivity contribution >= 4 is 11.6 Å². The molecule has 138 valence electrons. The van der Waals surface area contributed by atoms with Gasteiger partial charge in [-0.2, -0.15) is 5.10 Å². The van der Waals surface area contributed by atoms with E-state index in [1.807, 2.05) is 18.2 Å². The van der Waals surface area contributed by atoms with Crippen molar-refractivity contribution in [3.63, 3.8) is 0 Å². The molecule has 7 nitrogen and oxygen atoms in total. The maximum Gasteiger partial charge on any atom is 0.229 e. The lowest BCUT2D eigenvalue weighted by Gasteiger charge is -2.19. The molecular formula is C20H21N5O2. The minimum absolute atomic E-state index is 0.0197. The number of H-pyrrole nitrogens is 1. The van der Waals surface area contributed by atoms with Gasteiger partial charge >= 0.3 is 0 Å². The Balaban J connectivity index is 1.52. The largest absolute Gasteiger partial charge is 0.494 e. The number of amides is 1. The molecule has 1 aliphatic rings. The van der Waals surface area contributed by atoms with E-state index in [1.165, 1.54) is 5.56 Å². The monoisotopic (exact) mass is 363 g/mol. The van der Waals surface area contributed by atoms with Crippen LogP contribution in [0.3, 0.4) is 0 Å².